The summed E-state index contributed by atoms with van der Waals surface area (Å²) in [6.07, 6.45) is 3.87. The molecule has 3 rings (SSSR count). The van der Waals surface area contributed by atoms with Crippen LogP contribution in [-0.2, 0) is 0 Å². The van der Waals surface area contributed by atoms with E-state index in [2.05, 4.69) is 24.3 Å². The largest absolute Gasteiger partial charge is 0.478 e. The van der Waals surface area contributed by atoms with Crippen molar-refractivity contribution in [1.29, 1.82) is 0 Å². The van der Waals surface area contributed by atoms with Crippen LogP contribution in [0.4, 0.5) is 0 Å². The molecule has 1 aliphatic rings. The Morgan fingerprint density at radius 2 is 1.85 bits per heavy atom. The van der Waals surface area contributed by atoms with Crippen molar-refractivity contribution < 1.29 is 9.90 Å². The van der Waals surface area contributed by atoms with Crippen LogP contribution in [0.25, 0.3) is 11.1 Å². The Hall–Kier alpha value is -2.09. The summed E-state index contributed by atoms with van der Waals surface area (Å²) in [5, 5.41) is 9.23. The molecule has 20 heavy (non-hydrogen) atoms. The normalized spacial score (nSPS) is 14.8. The highest BCUT2D eigenvalue weighted by Crippen LogP contribution is 2.37. The number of rotatable bonds is 3. The first kappa shape index (κ1) is 12.9. The SMILES string of the molecule is Cc1ccc(-c2cccc(C3CCC3)c2)cc1C(=O)O. The van der Waals surface area contributed by atoms with Crippen molar-refractivity contribution in [2.24, 2.45) is 0 Å². The van der Waals surface area contributed by atoms with Crippen LogP contribution in [0.1, 0.15) is 46.7 Å². The number of hydrogen-bond acceptors (Lipinski definition) is 1. The summed E-state index contributed by atoms with van der Waals surface area (Å²) in [6, 6.07) is 14.2. The molecule has 1 N–H and O–H groups in total. The highest BCUT2D eigenvalue weighted by Gasteiger charge is 2.19. The van der Waals surface area contributed by atoms with Crippen LogP contribution in [0, 0.1) is 6.92 Å². The number of benzene rings is 2. The molecule has 0 atom stereocenters. The summed E-state index contributed by atoms with van der Waals surface area (Å²) < 4.78 is 0. The van der Waals surface area contributed by atoms with Crippen molar-refractivity contribution in [3.63, 3.8) is 0 Å². The van der Waals surface area contributed by atoms with Gasteiger partial charge in [-0.3, -0.25) is 0 Å². The van der Waals surface area contributed by atoms with Crippen molar-refractivity contribution in [2.45, 2.75) is 32.1 Å². The van der Waals surface area contributed by atoms with Gasteiger partial charge in [0, 0.05) is 0 Å². The number of aromatic carboxylic acids is 1. The van der Waals surface area contributed by atoms with Gasteiger partial charge in [-0.15, -0.1) is 0 Å². The standard InChI is InChI=1S/C18H18O2/c1-12-8-9-16(11-17(12)18(19)20)15-7-3-6-14(10-15)13-4-2-5-13/h3,6-11,13H,2,4-5H2,1H3,(H,19,20). The predicted molar refractivity (Wildman–Crippen MR) is 80.2 cm³/mol. The second-order valence-corrected chi connectivity index (χ2v) is 5.59. The lowest BCUT2D eigenvalue weighted by molar-refractivity contribution is 0.0696. The maximum Gasteiger partial charge on any atom is 0.335 e. The van der Waals surface area contributed by atoms with E-state index in [0.29, 0.717) is 11.5 Å². The Morgan fingerprint density at radius 3 is 2.50 bits per heavy atom. The molecule has 0 aromatic heterocycles. The lowest BCUT2D eigenvalue weighted by Gasteiger charge is -2.26. The molecule has 0 amide bonds. The van der Waals surface area contributed by atoms with Gasteiger partial charge >= 0.3 is 5.97 Å². The molecule has 0 heterocycles. The first-order chi connectivity index (χ1) is 9.65. The van der Waals surface area contributed by atoms with Gasteiger partial charge < -0.3 is 5.11 Å². The molecule has 0 radical (unpaired) electrons. The van der Waals surface area contributed by atoms with Gasteiger partial charge in [-0.05, 0) is 54.0 Å². The van der Waals surface area contributed by atoms with E-state index in [-0.39, 0.29) is 0 Å². The van der Waals surface area contributed by atoms with Gasteiger partial charge in [0.15, 0.2) is 0 Å². The van der Waals surface area contributed by atoms with Crippen molar-refractivity contribution in [3.05, 3.63) is 59.2 Å². The van der Waals surface area contributed by atoms with Crippen molar-refractivity contribution in [3.8, 4) is 11.1 Å². The van der Waals surface area contributed by atoms with E-state index in [1.807, 2.05) is 19.1 Å². The minimum atomic E-state index is -0.862. The molecule has 1 fully saturated rings. The summed E-state index contributed by atoms with van der Waals surface area (Å²) >= 11 is 0. The summed E-state index contributed by atoms with van der Waals surface area (Å²) in [5.41, 5.74) is 4.66. The lowest BCUT2D eigenvalue weighted by Crippen LogP contribution is -2.08. The smallest absolute Gasteiger partial charge is 0.335 e. The Kier molecular flexibility index (Phi) is 3.31. The van der Waals surface area contributed by atoms with Crippen LogP contribution in [0.5, 0.6) is 0 Å². The van der Waals surface area contributed by atoms with Gasteiger partial charge in [0.25, 0.3) is 0 Å². The van der Waals surface area contributed by atoms with Gasteiger partial charge in [0.05, 0.1) is 5.56 Å². The average Bonchev–Trinajstić information content (AvgIpc) is 2.37. The molecule has 102 valence electrons. The first-order valence-electron chi connectivity index (χ1n) is 7.09. The highest BCUT2D eigenvalue weighted by molar-refractivity contribution is 5.91. The Labute approximate surface area is 119 Å². The Bertz CT molecular complexity index is 654. The second-order valence-electron chi connectivity index (χ2n) is 5.59. The maximum atomic E-state index is 11.2. The van der Waals surface area contributed by atoms with Crippen LogP contribution in [0.15, 0.2) is 42.5 Å². The molecule has 0 saturated heterocycles. The number of aryl methyl sites for hydroxylation is 1. The summed E-state index contributed by atoms with van der Waals surface area (Å²) in [6.45, 7) is 1.83. The topological polar surface area (TPSA) is 37.3 Å². The van der Waals surface area contributed by atoms with E-state index < -0.39 is 5.97 Å². The zero-order valence-corrected chi connectivity index (χ0v) is 11.6. The lowest BCUT2D eigenvalue weighted by atomic mass is 9.79. The van der Waals surface area contributed by atoms with Crippen molar-refractivity contribution in [1.82, 2.24) is 0 Å². The van der Waals surface area contributed by atoms with Gasteiger partial charge in [-0.25, -0.2) is 4.79 Å². The molecule has 0 bridgehead atoms. The zero-order valence-electron chi connectivity index (χ0n) is 11.6. The zero-order chi connectivity index (χ0) is 14.1. The molecule has 0 spiro atoms. The van der Waals surface area contributed by atoms with E-state index in [9.17, 15) is 9.90 Å². The van der Waals surface area contributed by atoms with Gasteiger partial charge in [0.2, 0.25) is 0 Å². The summed E-state index contributed by atoms with van der Waals surface area (Å²) in [7, 11) is 0. The maximum absolute atomic E-state index is 11.2. The van der Waals surface area contributed by atoms with Crippen LogP contribution in [0.3, 0.4) is 0 Å². The summed E-state index contributed by atoms with van der Waals surface area (Å²) in [5.74, 6) is -0.168. The van der Waals surface area contributed by atoms with E-state index in [1.54, 1.807) is 6.07 Å². The average molecular weight is 266 g/mol. The van der Waals surface area contributed by atoms with E-state index in [4.69, 9.17) is 0 Å². The van der Waals surface area contributed by atoms with Crippen molar-refractivity contribution >= 4 is 5.97 Å². The second kappa shape index (κ2) is 5.12. The molecule has 0 unspecified atom stereocenters. The molecule has 2 aromatic carbocycles. The fourth-order valence-electron chi connectivity index (χ4n) is 2.75. The molecule has 2 aromatic rings. The monoisotopic (exact) mass is 266 g/mol. The summed E-state index contributed by atoms with van der Waals surface area (Å²) in [4.78, 5) is 11.2. The number of carbonyl (C=O) groups is 1. The van der Waals surface area contributed by atoms with Gasteiger partial charge in [0.1, 0.15) is 0 Å². The molecule has 1 aliphatic carbocycles. The third kappa shape index (κ3) is 2.34. The number of hydrogen-bond donors (Lipinski definition) is 1. The van der Waals surface area contributed by atoms with Crippen LogP contribution >= 0.6 is 0 Å². The predicted octanol–water partition coefficient (Wildman–Crippen LogP) is 4.63. The van der Waals surface area contributed by atoms with Crippen LogP contribution in [-0.4, -0.2) is 11.1 Å². The van der Waals surface area contributed by atoms with E-state index in [0.717, 1.165) is 16.7 Å². The Balaban J connectivity index is 2.00. The Morgan fingerprint density at radius 1 is 1.10 bits per heavy atom. The molecular formula is C18H18O2. The minimum Gasteiger partial charge on any atom is -0.478 e. The first-order valence-corrected chi connectivity index (χ1v) is 7.09. The van der Waals surface area contributed by atoms with Crippen LogP contribution in [0.2, 0.25) is 0 Å². The molecular weight excluding hydrogens is 248 g/mol. The number of carboxylic acid groups (broad SMARTS) is 1. The fraction of sp³-hybridized carbons (Fsp3) is 0.278. The quantitative estimate of drug-likeness (QED) is 0.879. The fourth-order valence-corrected chi connectivity index (χ4v) is 2.75. The van der Waals surface area contributed by atoms with Crippen LogP contribution < -0.4 is 0 Å². The molecule has 2 nitrogen and oxygen atoms in total. The van der Waals surface area contributed by atoms with E-state index in [1.165, 1.54) is 24.8 Å². The molecule has 2 heteroatoms. The molecule has 0 aliphatic heterocycles. The van der Waals surface area contributed by atoms with Crippen molar-refractivity contribution in [2.75, 3.05) is 0 Å². The van der Waals surface area contributed by atoms with E-state index >= 15 is 0 Å². The van der Waals surface area contributed by atoms with Gasteiger partial charge in [-0.2, -0.15) is 0 Å². The number of carboxylic acids is 1. The van der Waals surface area contributed by atoms with Gasteiger partial charge in [-0.1, -0.05) is 42.8 Å². The minimum absolute atomic E-state index is 0.386. The third-order valence-electron chi connectivity index (χ3n) is 4.26. The third-order valence-corrected chi connectivity index (χ3v) is 4.26. The highest BCUT2D eigenvalue weighted by atomic mass is 16.4. The molecule has 1 saturated carbocycles.